The van der Waals surface area contributed by atoms with Gasteiger partial charge in [-0.3, -0.25) is 4.99 Å². The van der Waals surface area contributed by atoms with Crippen LogP contribution in [0.3, 0.4) is 0 Å². The van der Waals surface area contributed by atoms with Crippen LogP contribution in [-0.4, -0.2) is 50.9 Å². The minimum Gasteiger partial charge on any atom is -0.444 e. The summed E-state index contributed by atoms with van der Waals surface area (Å²) in [4.78, 5) is 16.1. The molecule has 0 heterocycles. The van der Waals surface area contributed by atoms with Crippen molar-refractivity contribution >= 4 is 12.1 Å². The molecular weight excluding hydrogens is 363 g/mol. The molecule has 0 bridgehead atoms. The normalized spacial score (nSPS) is 13.0. The third-order valence-corrected chi connectivity index (χ3v) is 3.60. The lowest BCUT2D eigenvalue weighted by Crippen LogP contribution is -2.39. The van der Waals surface area contributed by atoms with Gasteiger partial charge >= 0.3 is 6.09 Å². The van der Waals surface area contributed by atoms with Gasteiger partial charge in [0.15, 0.2) is 5.96 Å². The number of alkyl carbamates (subject to hydrolysis) is 1. The molecule has 1 unspecified atom stereocenters. The zero-order valence-corrected chi connectivity index (χ0v) is 17.5. The number of nitrogens with zero attached hydrogens (tertiary/aromatic N) is 1. The van der Waals surface area contributed by atoms with Crippen LogP contribution >= 0.6 is 0 Å². The average molecular weight is 397 g/mol. The molecule has 1 rings (SSSR count). The van der Waals surface area contributed by atoms with E-state index in [1.165, 1.54) is 12.1 Å². The van der Waals surface area contributed by atoms with Crippen molar-refractivity contribution in [2.45, 2.75) is 45.8 Å². The Hall–Kier alpha value is -2.35. The molecule has 0 aliphatic rings. The van der Waals surface area contributed by atoms with E-state index < -0.39 is 11.7 Å². The first-order chi connectivity index (χ1) is 13.2. The molecule has 0 saturated heterocycles. The highest BCUT2D eigenvalue weighted by Gasteiger charge is 2.15. The Kier molecular flexibility index (Phi) is 10.3. The van der Waals surface area contributed by atoms with E-state index in [9.17, 15) is 9.18 Å². The topological polar surface area (TPSA) is 84.0 Å². The molecule has 1 atom stereocenters. The van der Waals surface area contributed by atoms with Crippen molar-refractivity contribution in [1.29, 1.82) is 0 Å². The molecule has 7 nitrogen and oxygen atoms in total. The summed E-state index contributed by atoms with van der Waals surface area (Å²) in [5.41, 5.74) is 0.361. The Morgan fingerprint density at radius 1 is 1.14 bits per heavy atom. The molecule has 0 spiro atoms. The zero-order valence-electron chi connectivity index (χ0n) is 17.5. The van der Waals surface area contributed by atoms with Crippen LogP contribution in [0.25, 0.3) is 0 Å². The molecule has 0 fully saturated rings. The van der Waals surface area contributed by atoms with Crippen LogP contribution in [-0.2, 0) is 9.47 Å². The van der Waals surface area contributed by atoms with Gasteiger partial charge < -0.3 is 25.4 Å². The maximum Gasteiger partial charge on any atom is 0.407 e. The Bertz CT molecular complexity index is 615. The molecule has 1 aromatic carbocycles. The van der Waals surface area contributed by atoms with Crippen LogP contribution in [0, 0.1) is 5.82 Å². The molecule has 0 aliphatic heterocycles. The summed E-state index contributed by atoms with van der Waals surface area (Å²) in [6.45, 7) is 9.71. The monoisotopic (exact) mass is 396 g/mol. The van der Waals surface area contributed by atoms with Gasteiger partial charge in [-0.25, -0.2) is 9.18 Å². The number of hydrogen-bond donors (Lipinski definition) is 3. The van der Waals surface area contributed by atoms with Crippen molar-refractivity contribution < 1.29 is 18.7 Å². The highest BCUT2D eigenvalue weighted by molar-refractivity contribution is 5.79. The fourth-order valence-corrected chi connectivity index (χ4v) is 2.31. The summed E-state index contributed by atoms with van der Waals surface area (Å²) in [6.07, 6.45) is 0.0372. The molecule has 1 amide bonds. The van der Waals surface area contributed by atoms with E-state index in [4.69, 9.17) is 9.47 Å². The SMILES string of the molecule is CCNC(=NCC(OC)c1ccc(F)cc1)NCCCNC(=O)OC(C)(C)C. The van der Waals surface area contributed by atoms with Crippen LogP contribution in [0.1, 0.15) is 45.8 Å². The van der Waals surface area contributed by atoms with Crippen LogP contribution in [0.2, 0.25) is 0 Å². The van der Waals surface area contributed by atoms with Gasteiger partial charge in [0.05, 0.1) is 6.54 Å². The number of guanidine groups is 1. The van der Waals surface area contributed by atoms with E-state index in [0.717, 1.165) is 18.5 Å². The smallest absolute Gasteiger partial charge is 0.407 e. The summed E-state index contributed by atoms with van der Waals surface area (Å²) in [6, 6.07) is 6.21. The predicted octanol–water partition coefficient (Wildman–Crippen LogP) is 2.98. The van der Waals surface area contributed by atoms with Crippen LogP contribution in [0.15, 0.2) is 29.3 Å². The second-order valence-corrected chi connectivity index (χ2v) is 7.20. The lowest BCUT2D eigenvalue weighted by atomic mass is 10.1. The zero-order chi connectivity index (χ0) is 21.0. The van der Waals surface area contributed by atoms with E-state index in [-0.39, 0.29) is 11.9 Å². The lowest BCUT2D eigenvalue weighted by Gasteiger charge is -2.19. The third kappa shape index (κ3) is 10.1. The standard InChI is InChI=1S/C20H33FN4O3/c1-6-22-18(23-12-7-13-24-19(26)28-20(2,3)4)25-14-17(27-5)15-8-10-16(21)11-9-15/h8-11,17H,6-7,12-14H2,1-5H3,(H,24,26)(H2,22,23,25). The largest absolute Gasteiger partial charge is 0.444 e. The molecule has 0 aliphatic carbocycles. The molecule has 3 N–H and O–H groups in total. The number of carbonyl (C=O) groups excluding carboxylic acids is 1. The second kappa shape index (κ2) is 12.2. The number of hydrogen-bond acceptors (Lipinski definition) is 4. The van der Waals surface area contributed by atoms with E-state index >= 15 is 0 Å². The number of ether oxygens (including phenoxy) is 2. The van der Waals surface area contributed by atoms with Crippen molar-refractivity contribution in [2.24, 2.45) is 4.99 Å². The van der Waals surface area contributed by atoms with Gasteiger partial charge in [0.2, 0.25) is 0 Å². The van der Waals surface area contributed by atoms with Crippen molar-refractivity contribution in [3.8, 4) is 0 Å². The van der Waals surface area contributed by atoms with Crippen molar-refractivity contribution in [1.82, 2.24) is 16.0 Å². The summed E-state index contributed by atoms with van der Waals surface area (Å²) < 4.78 is 23.7. The lowest BCUT2D eigenvalue weighted by molar-refractivity contribution is 0.0527. The van der Waals surface area contributed by atoms with Crippen molar-refractivity contribution in [3.05, 3.63) is 35.6 Å². The molecule has 158 valence electrons. The molecule has 28 heavy (non-hydrogen) atoms. The fourth-order valence-electron chi connectivity index (χ4n) is 2.31. The van der Waals surface area contributed by atoms with Gasteiger partial charge in [0.1, 0.15) is 17.5 Å². The van der Waals surface area contributed by atoms with Gasteiger partial charge in [-0.1, -0.05) is 12.1 Å². The molecule has 1 aromatic rings. The minimum absolute atomic E-state index is 0.259. The van der Waals surface area contributed by atoms with Crippen LogP contribution in [0.4, 0.5) is 9.18 Å². The Balaban J connectivity index is 2.44. The summed E-state index contributed by atoms with van der Waals surface area (Å²) >= 11 is 0. The van der Waals surface area contributed by atoms with E-state index in [0.29, 0.717) is 25.6 Å². The average Bonchev–Trinajstić information content (AvgIpc) is 2.61. The first-order valence-corrected chi connectivity index (χ1v) is 9.52. The van der Waals surface area contributed by atoms with Crippen LogP contribution < -0.4 is 16.0 Å². The van der Waals surface area contributed by atoms with Gasteiger partial charge in [-0.05, 0) is 51.8 Å². The first kappa shape index (κ1) is 23.7. The minimum atomic E-state index is -0.504. The van der Waals surface area contributed by atoms with Gasteiger partial charge in [-0.15, -0.1) is 0 Å². The Labute approximate surface area is 167 Å². The molecule has 0 aromatic heterocycles. The number of methoxy groups -OCH3 is 1. The fraction of sp³-hybridized carbons (Fsp3) is 0.600. The first-order valence-electron chi connectivity index (χ1n) is 9.52. The maximum absolute atomic E-state index is 13.1. The Morgan fingerprint density at radius 2 is 1.79 bits per heavy atom. The number of aliphatic imine (C=N–C) groups is 1. The highest BCUT2D eigenvalue weighted by atomic mass is 19.1. The Morgan fingerprint density at radius 3 is 2.36 bits per heavy atom. The molecule has 0 saturated carbocycles. The molecule has 0 radical (unpaired) electrons. The van der Waals surface area contributed by atoms with E-state index in [1.54, 1.807) is 19.2 Å². The van der Waals surface area contributed by atoms with Gasteiger partial charge in [0, 0.05) is 26.7 Å². The summed E-state index contributed by atoms with van der Waals surface area (Å²) in [5, 5.41) is 9.10. The van der Waals surface area contributed by atoms with Crippen LogP contribution in [0.5, 0.6) is 0 Å². The third-order valence-electron chi connectivity index (χ3n) is 3.60. The number of halogens is 1. The van der Waals surface area contributed by atoms with E-state index in [1.807, 2.05) is 27.7 Å². The number of amides is 1. The highest BCUT2D eigenvalue weighted by Crippen LogP contribution is 2.17. The molecular formula is C20H33FN4O3. The molecule has 8 heteroatoms. The van der Waals surface area contributed by atoms with Gasteiger partial charge in [0.25, 0.3) is 0 Å². The van der Waals surface area contributed by atoms with E-state index in [2.05, 4.69) is 20.9 Å². The van der Waals surface area contributed by atoms with Crippen molar-refractivity contribution in [3.63, 3.8) is 0 Å². The van der Waals surface area contributed by atoms with Crippen molar-refractivity contribution in [2.75, 3.05) is 33.3 Å². The summed E-state index contributed by atoms with van der Waals surface area (Å²) in [5.74, 6) is 0.376. The quantitative estimate of drug-likeness (QED) is 0.340. The number of nitrogens with one attached hydrogen (secondary N) is 3. The number of benzene rings is 1. The summed E-state index contributed by atoms with van der Waals surface area (Å²) in [7, 11) is 1.60. The second-order valence-electron chi connectivity index (χ2n) is 7.20. The predicted molar refractivity (Wildman–Crippen MR) is 109 cm³/mol. The van der Waals surface area contributed by atoms with Gasteiger partial charge in [-0.2, -0.15) is 0 Å². The maximum atomic E-state index is 13.1. The number of carbonyl (C=O) groups is 1. The number of rotatable bonds is 9.